The molecule has 6 heteroatoms. The molecule has 0 saturated heterocycles. The zero-order valence-electron chi connectivity index (χ0n) is 6.78. The van der Waals surface area contributed by atoms with E-state index in [1.807, 2.05) is 0 Å². The van der Waals surface area contributed by atoms with Gasteiger partial charge in [0.25, 0.3) is 0 Å². The number of alkyl halides is 3. The van der Waals surface area contributed by atoms with Crippen LogP contribution in [0.2, 0.25) is 5.02 Å². The van der Waals surface area contributed by atoms with Crippen LogP contribution in [0, 0.1) is 0 Å². The molecule has 0 radical (unpaired) electrons. The van der Waals surface area contributed by atoms with Gasteiger partial charge in [0, 0.05) is 9.50 Å². The van der Waals surface area contributed by atoms with E-state index in [-0.39, 0.29) is 10.0 Å². The van der Waals surface area contributed by atoms with E-state index in [2.05, 4.69) is 15.9 Å². The minimum absolute atomic E-state index is 0.0260. The molecule has 14 heavy (non-hydrogen) atoms. The van der Waals surface area contributed by atoms with Crippen molar-refractivity contribution in [2.75, 3.05) is 0 Å². The van der Waals surface area contributed by atoms with Crippen LogP contribution in [0.25, 0.3) is 0 Å². The fourth-order valence-corrected chi connectivity index (χ4v) is 1.86. The van der Waals surface area contributed by atoms with E-state index in [1.54, 1.807) is 0 Å². The van der Waals surface area contributed by atoms with Gasteiger partial charge in [-0.05, 0) is 17.7 Å². The second-order valence-corrected chi connectivity index (χ2v) is 3.98. The van der Waals surface area contributed by atoms with Gasteiger partial charge in [0.1, 0.15) is 6.04 Å². The minimum Gasteiger partial charge on any atom is -0.316 e. The quantitative estimate of drug-likeness (QED) is 0.838. The first-order valence-electron chi connectivity index (χ1n) is 3.59. The Kier molecular flexibility index (Phi) is 3.44. The van der Waals surface area contributed by atoms with E-state index in [4.69, 9.17) is 17.3 Å². The minimum atomic E-state index is -4.45. The number of benzene rings is 1. The fraction of sp³-hybridized carbons (Fsp3) is 0.250. The van der Waals surface area contributed by atoms with Crippen LogP contribution in [-0.4, -0.2) is 6.18 Å². The van der Waals surface area contributed by atoms with Crippen LogP contribution in [0.4, 0.5) is 13.2 Å². The molecule has 0 unspecified atom stereocenters. The third-order valence-electron chi connectivity index (χ3n) is 1.65. The van der Waals surface area contributed by atoms with Crippen LogP contribution in [-0.2, 0) is 0 Å². The van der Waals surface area contributed by atoms with Crippen molar-refractivity contribution in [3.05, 3.63) is 33.3 Å². The molecule has 0 aromatic heterocycles. The van der Waals surface area contributed by atoms with E-state index in [1.165, 1.54) is 18.2 Å². The van der Waals surface area contributed by atoms with Crippen molar-refractivity contribution in [3.63, 3.8) is 0 Å². The topological polar surface area (TPSA) is 26.0 Å². The zero-order valence-corrected chi connectivity index (χ0v) is 9.12. The molecule has 0 aliphatic rings. The SMILES string of the molecule is N[C@@H](c1ccc(Cl)cc1Br)C(F)(F)F. The summed E-state index contributed by atoms with van der Waals surface area (Å²) in [6, 6.07) is 2.01. The number of rotatable bonds is 1. The van der Waals surface area contributed by atoms with Crippen molar-refractivity contribution in [1.29, 1.82) is 0 Å². The van der Waals surface area contributed by atoms with Crippen molar-refractivity contribution in [1.82, 2.24) is 0 Å². The summed E-state index contributed by atoms with van der Waals surface area (Å²) >= 11 is 8.56. The molecule has 0 saturated carbocycles. The molecule has 0 aliphatic carbocycles. The summed E-state index contributed by atoms with van der Waals surface area (Å²) < 4.78 is 37.0. The van der Waals surface area contributed by atoms with Crippen LogP contribution >= 0.6 is 27.5 Å². The first kappa shape index (κ1) is 11.8. The Morgan fingerprint density at radius 1 is 1.36 bits per heavy atom. The maximum absolute atomic E-state index is 12.2. The largest absolute Gasteiger partial charge is 0.407 e. The van der Waals surface area contributed by atoms with Crippen LogP contribution < -0.4 is 5.73 Å². The fourth-order valence-electron chi connectivity index (χ4n) is 0.930. The smallest absolute Gasteiger partial charge is 0.316 e. The maximum Gasteiger partial charge on any atom is 0.407 e. The molecule has 1 rings (SSSR count). The molecule has 2 N–H and O–H groups in total. The number of nitrogens with two attached hydrogens (primary N) is 1. The molecular formula is C8H6BrClF3N. The van der Waals surface area contributed by atoms with Gasteiger partial charge in [-0.2, -0.15) is 13.2 Å². The van der Waals surface area contributed by atoms with Gasteiger partial charge in [0.2, 0.25) is 0 Å². The molecule has 1 atom stereocenters. The first-order valence-corrected chi connectivity index (χ1v) is 4.76. The second-order valence-electron chi connectivity index (χ2n) is 2.69. The molecular weight excluding hydrogens is 282 g/mol. The lowest BCUT2D eigenvalue weighted by molar-refractivity contribution is -0.149. The molecule has 0 aliphatic heterocycles. The van der Waals surface area contributed by atoms with E-state index in [9.17, 15) is 13.2 Å². The van der Waals surface area contributed by atoms with E-state index < -0.39 is 12.2 Å². The molecule has 0 fully saturated rings. The standard InChI is InChI=1S/C8H6BrClF3N/c9-6-3-4(10)1-2-5(6)7(14)8(11,12)13/h1-3,7H,14H2/t7-/m0/s1. The third-order valence-corrected chi connectivity index (χ3v) is 2.57. The number of halogens is 5. The van der Waals surface area contributed by atoms with Gasteiger partial charge in [-0.1, -0.05) is 33.6 Å². The Morgan fingerprint density at radius 2 is 1.93 bits per heavy atom. The molecule has 78 valence electrons. The van der Waals surface area contributed by atoms with Gasteiger partial charge in [0.15, 0.2) is 0 Å². The van der Waals surface area contributed by atoms with Crippen molar-refractivity contribution in [2.24, 2.45) is 5.73 Å². The predicted octanol–water partition coefficient (Wildman–Crippen LogP) is 3.66. The summed E-state index contributed by atoms with van der Waals surface area (Å²) in [7, 11) is 0. The van der Waals surface area contributed by atoms with Crippen LogP contribution in [0.3, 0.4) is 0 Å². The summed E-state index contributed by atoms with van der Waals surface area (Å²) in [4.78, 5) is 0. The highest BCUT2D eigenvalue weighted by molar-refractivity contribution is 9.10. The Bertz CT molecular complexity index is 340. The zero-order chi connectivity index (χ0) is 10.9. The van der Waals surface area contributed by atoms with E-state index in [0.717, 1.165) is 0 Å². The Labute approximate surface area is 92.2 Å². The highest BCUT2D eigenvalue weighted by Gasteiger charge is 2.38. The van der Waals surface area contributed by atoms with E-state index >= 15 is 0 Å². The van der Waals surface area contributed by atoms with Crippen molar-refractivity contribution < 1.29 is 13.2 Å². The van der Waals surface area contributed by atoms with Crippen molar-refractivity contribution in [3.8, 4) is 0 Å². The molecule has 1 aromatic rings. The lowest BCUT2D eigenvalue weighted by Gasteiger charge is -2.17. The number of hydrogen-bond donors (Lipinski definition) is 1. The van der Waals surface area contributed by atoms with Gasteiger partial charge in [-0.3, -0.25) is 0 Å². The van der Waals surface area contributed by atoms with Gasteiger partial charge >= 0.3 is 6.18 Å². The lowest BCUT2D eigenvalue weighted by atomic mass is 10.1. The molecule has 0 spiro atoms. The lowest BCUT2D eigenvalue weighted by Crippen LogP contribution is -2.28. The highest BCUT2D eigenvalue weighted by atomic mass is 79.9. The summed E-state index contributed by atoms with van der Waals surface area (Å²) in [5.74, 6) is 0. The van der Waals surface area contributed by atoms with Crippen LogP contribution in [0.5, 0.6) is 0 Å². The Hall–Kier alpha value is -0.260. The average molecular weight is 288 g/mol. The molecule has 1 nitrogen and oxygen atoms in total. The average Bonchev–Trinajstić information content (AvgIpc) is 2.01. The normalized spacial score (nSPS) is 14.1. The molecule has 0 amide bonds. The summed E-state index contributed by atoms with van der Waals surface area (Å²) in [5, 5.41) is 0.356. The summed E-state index contributed by atoms with van der Waals surface area (Å²) in [5.41, 5.74) is 5.00. The Balaban J connectivity index is 3.08. The van der Waals surface area contributed by atoms with E-state index in [0.29, 0.717) is 5.02 Å². The van der Waals surface area contributed by atoms with Gasteiger partial charge in [-0.25, -0.2) is 0 Å². The molecule has 1 aromatic carbocycles. The predicted molar refractivity (Wildman–Crippen MR) is 52.1 cm³/mol. The van der Waals surface area contributed by atoms with Crippen LogP contribution in [0.1, 0.15) is 11.6 Å². The first-order chi connectivity index (χ1) is 6.32. The van der Waals surface area contributed by atoms with Gasteiger partial charge in [0.05, 0.1) is 0 Å². The van der Waals surface area contributed by atoms with Gasteiger partial charge in [-0.15, -0.1) is 0 Å². The van der Waals surface area contributed by atoms with Crippen molar-refractivity contribution >= 4 is 27.5 Å². The Morgan fingerprint density at radius 3 is 2.36 bits per heavy atom. The maximum atomic E-state index is 12.2. The third kappa shape index (κ3) is 2.62. The van der Waals surface area contributed by atoms with Crippen LogP contribution in [0.15, 0.2) is 22.7 Å². The summed E-state index contributed by atoms with van der Waals surface area (Å²) in [6.07, 6.45) is -4.45. The summed E-state index contributed by atoms with van der Waals surface area (Å²) in [6.45, 7) is 0. The highest BCUT2D eigenvalue weighted by Crippen LogP contribution is 2.35. The second kappa shape index (κ2) is 4.08. The molecule has 0 heterocycles. The van der Waals surface area contributed by atoms with Gasteiger partial charge < -0.3 is 5.73 Å². The van der Waals surface area contributed by atoms with Crippen molar-refractivity contribution in [2.45, 2.75) is 12.2 Å². The number of hydrogen-bond acceptors (Lipinski definition) is 1. The molecule has 0 bridgehead atoms. The monoisotopic (exact) mass is 287 g/mol.